The fraction of sp³-hybridized carbons (Fsp3) is 0.500. The van der Waals surface area contributed by atoms with Crippen LogP contribution in [0.25, 0.3) is 10.9 Å². The summed E-state index contributed by atoms with van der Waals surface area (Å²) in [6, 6.07) is 8.00. The molecule has 1 saturated carbocycles. The molecule has 2 aromatic carbocycles. The van der Waals surface area contributed by atoms with Gasteiger partial charge >= 0.3 is 5.97 Å². The molecule has 0 unspecified atom stereocenters. The van der Waals surface area contributed by atoms with Gasteiger partial charge in [0.1, 0.15) is 30.2 Å². The van der Waals surface area contributed by atoms with E-state index in [1.165, 1.54) is 18.5 Å². The molecule has 0 bridgehead atoms. The Hall–Kier alpha value is -3.21. The number of ether oxygens (including phenoxy) is 3. The minimum absolute atomic E-state index is 0.00207. The van der Waals surface area contributed by atoms with Crippen molar-refractivity contribution in [1.82, 2.24) is 14.9 Å². The maximum Gasteiger partial charge on any atom is 0.320 e. The Bertz CT molecular complexity index is 1340. The molecule has 1 atom stereocenters. The van der Waals surface area contributed by atoms with Crippen LogP contribution in [0.4, 0.5) is 15.9 Å². The zero-order chi connectivity index (χ0) is 29.6. The molecular weight excluding hydrogens is 551 g/mol. The van der Waals surface area contributed by atoms with E-state index in [0.29, 0.717) is 40.5 Å². The lowest BCUT2D eigenvalue weighted by Gasteiger charge is -2.26. The van der Waals surface area contributed by atoms with Crippen LogP contribution in [0.1, 0.15) is 53.4 Å². The summed E-state index contributed by atoms with van der Waals surface area (Å²) in [5.74, 6) is 0.700. The first-order chi connectivity index (χ1) is 19.5. The standard InChI is InChI=1S/C30H38ClFN4O5/c1-19(37)16-36(17-28(38)41-30(2,3)4)11-12-39-26-14-22-25(15-27(26)40-21-7-5-6-8-21)33-18-34-29(22)35-20-9-10-24(32)23(31)13-20/h9-10,13-15,18-19,21,37H,5-8,11-12,16-17H2,1-4H3,(H,33,34,35)/t19-/m0/s1. The van der Waals surface area contributed by atoms with Crippen molar-refractivity contribution in [1.29, 1.82) is 0 Å². The first-order valence-electron chi connectivity index (χ1n) is 13.9. The number of esters is 1. The van der Waals surface area contributed by atoms with Crippen LogP contribution in [0.3, 0.4) is 0 Å². The van der Waals surface area contributed by atoms with E-state index in [1.807, 2.05) is 32.9 Å². The van der Waals surface area contributed by atoms with E-state index in [4.69, 9.17) is 25.8 Å². The number of anilines is 2. The first kappa shape index (κ1) is 30.7. The second-order valence-corrected chi connectivity index (χ2v) is 11.7. The normalized spacial score (nSPS) is 14.8. The summed E-state index contributed by atoms with van der Waals surface area (Å²) in [5.41, 5.74) is 0.618. The van der Waals surface area contributed by atoms with Gasteiger partial charge in [0.15, 0.2) is 11.5 Å². The summed E-state index contributed by atoms with van der Waals surface area (Å²) < 4.78 is 31.7. The second-order valence-electron chi connectivity index (χ2n) is 11.3. The first-order valence-corrected chi connectivity index (χ1v) is 14.3. The number of aliphatic hydroxyl groups is 1. The fourth-order valence-corrected chi connectivity index (χ4v) is 4.90. The SMILES string of the molecule is C[C@H](O)CN(CCOc1cc2c(Nc3ccc(F)c(Cl)c3)ncnc2cc1OC1CCCC1)CC(=O)OC(C)(C)C. The van der Waals surface area contributed by atoms with E-state index in [1.54, 1.807) is 17.9 Å². The predicted molar refractivity (Wildman–Crippen MR) is 157 cm³/mol. The van der Waals surface area contributed by atoms with Gasteiger partial charge in [-0.15, -0.1) is 0 Å². The number of nitrogens with zero attached hydrogens (tertiary/aromatic N) is 3. The number of carbonyl (C=O) groups is 1. The summed E-state index contributed by atoms with van der Waals surface area (Å²) >= 11 is 5.97. The molecule has 9 nitrogen and oxygen atoms in total. The van der Waals surface area contributed by atoms with Gasteiger partial charge in [0.2, 0.25) is 0 Å². The summed E-state index contributed by atoms with van der Waals surface area (Å²) in [6.45, 7) is 8.03. The summed E-state index contributed by atoms with van der Waals surface area (Å²) in [6.07, 6.45) is 5.07. The van der Waals surface area contributed by atoms with Crippen molar-refractivity contribution in [3.8, 4) is 11.5 Å². The topological polar surface area (TPSA) is 106 Å². The van der Waals surface area contributed by atoms with Crippen molar-refractivity contribution in [3.63, 3.8) is 0 Å². The third kappa shape index (κ3) is 9.14. The average molecular weight is 589 g/mol. The molecule has 222 valence electrons. The molecule has 41 heavy (non-hydrogen) atoms. The largest absolute Gasteiger partial charge is 0.488 e. The van der Waals surface area contributed by atoms with Crippen LogP contribution in [0.5, 0.6) is 11.5 Å². The van der Waals surface area contributed by atoms with E-state index in [2.05, 4.69) is 15.3 Å². The smallest absolute Gasteiger partial charge is 0.320 e. The Morgan fingerprint density at radius 3 is 2.63 bits per heavy atom. The Labute approximate surface area is 245 Å². The second kappa shape index (κ2) is 13.6. The Balaban J connectivity index is 1.56. The lowest BCUT2D eigenvalue weighted by Crippen LogP contribution is -2.40. The van der Waals surface area contributed by atoms with Gasteiger partial charge in [-0.3, -0.25) is 9.69 Å². The quantitative estimate of drug-likeness (QED) is 0.250. The minimum Gasteiger partial charge on any atom is -0.488 e. The van der Waals surface area contributed by atoms with E-state index >= 15 is 0 Å². The molecule has 1 aliphatic carbocycles. The van der Waals surface area contributed by atoms with Crippen LogP contribution in [0, 0.1) is 5.82 Å². The number of fused-ring (bicyclic) bond motifs is 1. The fourth-order valence-electron chi connectivity index (χ4n) is 4.71. The van der Waals surface area contributed by atoms with Gasteiger partial charge < -0.3 is 24.6 Å². The highest BCUT2D eigenvalue weighted by Crippen LogP contribution is 2.37. The Kier molecular flexibility index (Phi) is 10.2. The number of benzene rings is 2. The molecular formula is C30H38ClFN4O5. The summed E-state index contributed by atoms with van der Waals surface area (Å²) in [4.78, 5) is 23.1. The van der Waals surface area contributed by atoms with Crippen molar-refractivity contribution in [3.05, 3.63) is 47.5 Å². The van der Waals surface area contributed by atoms with Crippen molar-refractivity contribution >= 4 is 40.0 Å². The summed E-state index contributed by atoms with van der Waals surface area (Å²) in [5, 5.41) is 13.8. The molecule has 1 heterocycles. The number of carbonyl (C=O) groups excluding carboxylic acids is 1. The average Bonchev–Trinajstić information content (AvgIpc) is 3.38. The van der Waals surface area contributed by atoms with Crippen LogP contribution in [0.2, 0.25) is 5.02 Å². The molecule has 1 aromatic heterocycles. The highest BCUT2D eigenvalue weighted by atomic mass is 35.5. The summed E-state index contributed by atoms with van der Waals surface area (Å²) in [7, 11) is 0. The molecule has 1 aliphatic rings. The molecule has 1 fully saturated rings. The van der Waals surface area contributed by atoms with E-state index < -0.39 is 17.5 Å². The van der Waals surface area contributed by atoms with Gasteiger partial charge in [-0.05, 0) is 77.6 Å². The zero-order valence-electron chi connectivity index (χ0n) is 24.0. The van der Waals surface area contributed by atoms with Gasteiger partial charge in [0.05, 0.1) is 29.3 Å². The van der Waals surface area contributed by atoms with Crippen LogP contribution in [-0.2, 0) is 9.53 Å². The molecule has 0 amide bonds. The van der Waals surface area contributed by atoms with Crippen molar-refractivity contribution < 1.29 is 28.5 Å². The van der Waals surface area contributed by atoms with E-state index in [0.717, 1.165) is 25.7 Å². The number of aromatic nitrogens is 2. The van der Waals surface area contributed by atoms with E-state index in [-0.39, 0.29) is 36.8 Å². The molecule has 0 aliphatic heterocycles. The number of halogens is 2. The predicted octanol–water partition coefficient (Wildman–Crippen LogP) is 5.89. The third-order valence-corrected chi connectivity index (χ3v) is 6.73. The number of rotatable bonds is 12. The van der Waals surface area contributed by atoms with Gasteiger partial charge in [0.25, 0.3) is 0 Å². The molecule has 2 N–H and O–H groups in total. The van der Waals surface area contributed by atoms with Crippen LogP contribution in [0.15, 0.2) is 36.7 Å². The van der Waals surface area contributed by atoms with Gasteiger partial charge in [-0.2, -0.15) is 0 Å². The lowest BCUT2D eigenvalue weighted by molar-refractivity contribution is -0.156. The molecule has 11 heteroatoms. The van der Waals surface area contributed by atoms with Gasteiger partial charge in [-0.25, -0.2) is 14.4 Å². The van der Waals surface area contributed by atoms with Gasteiger partial charge in [-0.1, -0.05) is 11.6 Å². The molecule has 0 saturated heterocycles. The van der Waals surface area contributed by atoms with E-state index in [9.17, 15) is 14.3 Å². The number of hydrogen-bond acceptors (Lipinski definition) is 9. The Morgan fingerprint density at radius 1 is 1.20 bits per heavy atom. The molecule has 0 radical (unpaired) electrons. The number of nitrogens with one attached hydrogen (secondary N) is 1. The third-order valence-electron chi connectivity index (χ3n) is 6.44. The molecule has 4 rings (SSSR count). The monoisotopic (exact) mass is 588 g/mol. The highest BCUT2D eigenvalue weighted by molar-refractivity contribution is 6.31. The van der Waals surface area contributed by atoms with Crippen molar-refractivity contribution in [2.45, 2.75) is 71.2 Å². The molecule has 0 spiro atoms. The van der Waals surface area contributed by atoms with Crippen LogP contribution < -0.4 is 14.8 Å². The van der Waals surface area contributed by atoms with Gasteiger partial charge in [0, 0.05) is 30.2 Å². The highest BCUT2D eigenvalue weighted by Gasteiger charge is 2.22. The molecule has 3 aromatic rings. The van der Waals surface area contributed by atoms with Crippen LogP contribution in [-0.4, -0.2) is 70.0 Å². The maximum absolute atomic E-state index is 13.7. The maximum atomic E-state index is 13.7. The van der Waals surface area contributed by atoms with Crippen molar-refractivity contribution in [2.75, 3.05) is 31.6 Å². The van der Waals surface area contributed by atoms with Crippen molar-refractivity contribution in [2.24, 2.45) is 0 Å². The minimum atomic E-state index is -0.634. The Morgan fingerprint density at radius 2 is 1.95 bits per heavy atom. The lowest BCUT2D eigenvalue weighted by atomic mass is 10.2. The number of aliphatic hydroxyl groups excluding tert-OH is 1. The number of hydrogen-bond donors (Lipinski definition) is 2. The van der Waals surface area contributed by atoms with Crippen LogP contribution >= 0.6 is 11.6 Å². The zero-order valence-corrected chi connectivity index (χ0v) is 24.7.